The highest BCUT2D eigenvalue weighted by Crippen LogP contribution is 2.44. The predicted molar refractivity (Wildman–Crippen MR) is 102 cm³/mol. The molecule has 4 nitrogen and oxygen atoms in total. The summed E-state index contributed by atoms with van der Waals surface area (Å²) in [6.07, 6.45) is 1.95. The average molecular weight is 407 g/mol. The Labute approximate surface area is 163 Å². The normalized spacial score (nSPS) is 27.8. The lowest BCUT2D eigenvalue weighted by Gasteiger charge is -2.43. The Balaban J connectivity index is 1.52. The molecular weight excluding hydrogens is 384 g/mol. The van der Waals surface area contributed by atoms with Gasteiger partial charge in [0.05, 0.1) is 11.4 Å². The highest BCUT2D eigenvalue weighted by Gasteiger charge is 2.51. The van der Waals surface area contributed by atoms with Crippen molar-refractivity contribution < 1.29 is 22.3 Å². The zero-order valence-electron chi connectivity index (χ0n) is 15.4. The second-order valence-corrected chi connectivity index (χ2v) is 9.88. The number of halogens is 2. The molecule has 28 heavy (non-hydrogen) atoms. The molecule has 0 saturated carbocycles. The van der Waals surface area contributed by atoms with Gasteiger partial charge in [-0.1, -0.05) is 36.4 Å². The number of sulfonamides is 1. The minimum Gasteiger partial charge on any atom is -0.389 e. The number of piperidine rings is 1. The summed E-state index contributed by atoms with van der Waals surface area (Å²) >= 11 is 0. The van der Waals surface area contributed by atoms with Crippen molar-refractivity contribution in [2.24, 2.45) is 0 Å². The maximum atomic E-state index is 14.0. The van der Waals surface area contributed by atoms with Gasteiger partial charge in [-0.3, -0.25) is 0 Å². The van der Waals surface area contributed by atoms with Crippen LogP contribution in [-0.2, 0) is 22.2 Å². The van der Waals surface area contributed by atoms with Crippen molar-refractivity contribution >= 4 is 10.0 Å². The van der Waals surface area contributed by atoms with Crippen molar-refractivity contribution in [2.75, 3.05) is 0 Å². The van der Waals surface area contributed by atoms with Crippen LogP contribution in [0.15, 0.2) is 48.5 Å². The van der Waals surface area contributed by atoms with Gasteiger partial charge in [-0.15, -0.1) is 0 Å². The predicted octanol–water partition coefficient (Wildman–Crippen LogP) is 3.40. The smallest absolute Gasteiger partial charge is 0.218 e. The third kappa shape index (κ3) is 3.83. The monoisotopic (exact) mass is 407 g/mol. The molecule has 2 bridgehead atoms. The van der Waals surface area contributed by atoms with E-state index in [1.807, 2.05) is 18.2 Å². The first-order chi connectivity index (χ1) is 13.3. The topological polar surface area (TPSA) is 57.6 Å². The highest BCUT2D eigenvalue weighted by atomic mass is 32.2. The zero-order chi connectivity index (χ0) is 19.9. The van der Waals surface area contributed by atoms with Crippen molar-refractivity contribution in [3.8, 4) is 0 Å². The van der Waals surface area contributed by atoms with Crippen LogP contribution in [0.3, 0.4) is 0 Å². The van der Waals surface area contributed by atoms with Crippen LogP contribution in [0.25, 0.3) is 0 Å². The number of benzene rings is 2. The summed E-state index contributed by atoms with van der Waals surface area (Å²) in [5, 5.41) is 11.1. The summed E-state index contributed by atoms with van der Waals surface area (Å²) in [6, 6.07) is 11.8. The molecule has 150 valence electrons. The fourth-order valence-corrected chi connectivity index (χ4v) is 6.79. The summed E-state index contributed by atoms with van der Waals surface area (Å²) in [5.41, 5.74) is -0.205. The first kappa shape index (κ1) is 19.5. The van der Waals surface area contributed by atoms with E-state index in [0.717, 1.165) is 11.6 Å². The fourth-order valence-electron chi connectivity index (χ4n) is 4.76. The molecule has 2 aromatic carbocycles. The van der Waals surface area contributed by atoms with Gasteiger partial charge in [-0.25, -0.2) is 17.2 Å². The Morgan fingerprint density at radius 1 is 1.04 bits per heavy atom. The first-order valence-electron chi connectivity index (χ1n) is 9.47. The quantitative estimate of drug-likeness (QED) is 0.827. The summed E-state index contributed by atoms with van der Waals surface area (Å²) in [6.45, 7) is 0. The summed E-state index contributed by atoms with van der Waals surface area (Å²) in [4.78, 5) is 0. The lowest BCUT2D eigenvalue weighted by molar-refractivity contribution is -0.0290. The van der Waals surface area contributed by atoms with E-state index in [1.54, 1.807) is 16.4 Å². The average Bonchev–Trinajstić information content (AvgIpc) is 2.92. The standard InChI is InChI=1S/C21H23F2NO3S/c22-17-7-6-16(20(23)10-17)11-21(25)12-18-8-9-19(13-21)24(18)28(26,27)14-15-4-2-1-3-5-15/h1-7,10,18-19,25H,8-9,11-14H2/t18-,19-/m0/s1. The van der Waals surface area contributed by atoms with Crippen LogP contribution in [-0.4, -0.2) is 35.5 Å². The van der Waals surface area contributed by atoms with E-state index in [2.05, 4.69) is 0 Å². The molecule has 0 amide bonds. The molecule has 2 aliphatic heterocycles. The molecule has 2 aliphatic rings. The number of hydrogen-bond donors (Lipinski definition) is 1. The van der Waals surface area contributed by atoms with Crippen LogP contribution in [0.4, 0.5) is 8.78 Å². The number of fused-ring (bicyclic) bond motifs is 2. The van der Waals surface area contributed by atoms with E-state index >= 15 is 0 Å². The maximum absolute atomic E-state index is 14.0. The molecule has 0 aliphatic carbocycles. The van der Waals surface area contributed by atoms with Gasteiger partial charge in [0.1, 0.15) is 11.6 Å². The van der Waals surface area contributed by atoms with Gasteiger partial charge in [0.25, 0.3) is 0 Å². The maximum Gasteiger partial charge on any atom is 0.218 e. The molecule has 0 radical (unpaired) electrons. The molecule has 1 N–H and O–H groups in total. The van der Waals surface area contributed by atoms with Gasteiger partial charge in [-0.2, -0.15) is 4.31 Å². The fraction of sp³-hybridized carbons (Fsp3) is 0.429. The van der Waals surface area contributed by atoms with E-state index in [1.165, 1.54) is 12.1 Å². The molecule has 2 atom stereocenters. The molecule has 4 rings (SSSR count). The third-order valence-corrected chi connectivity index (χ3v) is 7.77. The molecule has 2 aromatic rings. The van der Waals surface area contributed by atoms with E-state index < -0.39 is 27.3 Å². The molecule has 2 saturated heterocycles. The minimum absolute atomic E-state index is 0.0543. The Morgan fingerprint density at radius 2 is 1.68 bits per heavy atom. The van der Waals surface area contributed by atoms with Gasteiger partial charge < -0.3 is 5.11 Å². The molecule has 0 spiro atoms. The van der Waals surface area contributed by atoms with Crippen molar-refractivity contribution in [3.63, 3.8) is 0 Å². The molecule has 0 unspecified atom stereocenters. The van der Waals surface area contributed by atoms with Crippen LogP contribution < -0.4 is 0 Å². The van der Waals surface area contributed by atoms with Gasteiger partial charge in [0.2, 0.25) is 10.0 Å². The molecular formula is C21H23F2NO3S. The summed E-state index contributed by atoms with van der Waals surface area (Å²) < 4.78 is 54.8. The van der Waals surface area contributed by atoms with Gasteiger partial charge in [0, 0.05) is 24.6 Å². The van der Waals surface area contributed by atoms with E-state index in [9.17, 15) is 22.3 Å². The molecule has 2 fully saturated rings. The minimum atomic E-state index is -3.51. The zero-order valence-corrected chi connectivity index (χ0v) is 16.2. The van der Waals surface area contributed by atoms with Gasteiger partial charge in [0.15, 0.2) is 0 Å². The number of aliphatic hydroxyl groups is 1. The Hall–Kier alpha value is -1.83. The van der Waals surface area contributed by atoms with Crippen LogP contribution in [0.5, 0.6) is 0 Å². The van der Waals surface area contributed by atoms with Crippen LogP contribution in [0, 0.1) is 11.6 Å². The Kier molecular flexibility index (Phi) is 5.02. The number of hydrogen-bond acceptors (Lipinski definition) is 3. The molecule has 0 aromatic heterocycles. The van der Waals surface area contributed by atoms with Crippen molar-refractivity contribution in [1.82, 2.24) is 4.31 Å². The lowest BCUT2D eigenvalue weighted by Crippen LogP contribution is -2.54. The number of nitrogens with zero attached hydrogens (tertiary/aromatic N) is 1. The van der Waals surface area contributed by atoms with Crippen LogP contribution >= 0.6 is 0 Å². The number of rotatable bonds is 5. The molecule has 2 heterocycles. The largest absolute Gasteiger partial charge is 0.389 e. The van der Waals surface area contributed by atoms with Gasteiger partial charge >= 0.3 is 0 Å². The van der Waals surface area contributed by atoms with E-state index in [0.29, 0.717) is 12.8 Å². The summed E-state index contributed by atoms with van der Waals surface area (Å²) in [5.74, 6) is -1.40. The second-order valence-electron chi connectivity index (χ2n) is 8.00. The Bertz CT molecular complexity index is 951. The third-order valence-electron chi connectivity index (χ3n) is 5.83. The van der Waals surface area contributed by atoms with Crippen molar-refractivity contribution in [1.29, 1.82) is 0 Å². The second kappa shape index (κ2) is 7.21. The highest BCUT2D eigenvalue weighted by molar-refractivity contribution is 7.88. The van der Waals surface area contributed by atoms with Crippen molar-refractivity contribution in [2.45, 2.75) is 55.5 Å². The lowest BCUT2D eigenvalue weighted by atomic mass is 9.82. The molecule has 7 heteroatoms. The van der Waals surface area contributed by atoms with E-state index in [-0.39, 0.29) is 42.7 Å². The summed E-state index contributed by atoms with van der Waals surface area (Å²) in [7, 11) is -3.51. The van der Waals surface area contributed by atoms with E-state index in [4.69, 9.17) is 0 Å². The Morgan fingerprint density at radius 3 is 2.29 bits per heavy atom. The van der Waals surface area contributed by atoms with Crippen LogP contribution in [0.1, 0.15) is 36.8 Å². The van der Waals surface area contributed by atoms with Crippen LogP contribution in [0.2, 0.25) is 0 Å². The van der Waals surface area contributed by atoms with Crippen molar-refractivity contribution in [3.05, 3.63) is 71.3 Å². The first-order valence-corrected chi connectivity index (χ1v) is 11.1. The van der Waals surface area contributed by atoms with Gasteiger partial charge in [-0.05, 0) is 42.9 Å². The SMILES string of the molecule is O=S(=O)(Cc1ccccc1)N1[C@H]2CC[C@H]1CC(O)(Cc1ccc(F)cc1F)C2.